The number of amides is 6. The van der Waals surface area contributed by atoms with Crippen molar-refractivity contribution < 1.29 is 67.4 Å². The number of ketones is 5. The van der Waals surface area contributed by atoms with Gasteiger partial charge in [-0.15, -0.1) is 0 Å². The first-order valence-corrected chi connectivity index (χ1v) is 33.7. The van der Waals surface area contributed by atoms with Gasteiger partial charge in [-0.2, -0.15) is 0 Å². The Balaban J connectivity index is 4.22. The monoisotopic (exact) mass is 1270 g/mol. The number of nitrogens with one attached hydrogen (secondary N) is 2. The van der Waals surface area contributed by atoms with Crippen LogP contribution in [0.25, 0.3) is 0 Å². The third kappa shape index (κ3) is 26.5. The molecule has 0 unspecified atom stereocenters. The van der Waals surface area contributed by atoms with Crippen LogP contribution in [-0.2, 0) is 62.3 Å². The molecule has 0 saturated carbocycles. The highest BCUT2D eigenvalue weighted by Crippen LogP contribution is 2.30. The van der Waals surface area contributed by atoms with Crippen molar-refractivity contribution >= 4 is 81.2 Å². The van der Waals surface area contributed by atoms with Crippen LogP contribution in [0, 0.1) is 59.2 Å². The molecule has 21 heteroatoms. The molecule has 13 atom stereocenters. The second-order valence-electron chi connectivity index (χ2n) is 27.2. The number of hydrogen-bond acceptors (Lipinski definition) is 15. The summed E-state index contributed by atoms with van der Waals surface area (Å²) in [5, 5.41) is 17.5. The van der Waals surface area contributed by atoms with Crippen molar-refractivity contribution in [2.75, 3.05) is 40.6 Å². The largest absolute Gasteiger partial charge is 0.392 e. The van der Waals surface area contributed by atoms with Gasteiger partial charge < -0.3 is 40.1 Å². The normalized spacial score (nSPS) is 26.6. The average Bonchev–Trinajstić information content (AvgIpc) is 1.16. The molecule has 508 valence electrons. The maximum Gasteiger partial charge on any atom is 0.245 e. The highest BCUT2D eigenvalue weighted by atomic mass is 32.2. The van der Waals surface area contributed by atoms with Crippen LogP contribution in [0.5, 0.6) is 0 Å². The van der Waals surface area contributed by atoms with Gasteiger partial charge in [0.25, 0.3) is 0 Å². The lowest BCUT2D eigenvalue weighted by Crippen LogP contribution is -2.53. The summed E-state index contributed by atoms with van der Waals surface area (Å²) in [6.07, 6.45) is 1.41. The number of carbonyl (C=O) groups is 12. The van der Waals surface area contributed by atoms with Crippen molar-refractivity contribution in [1.29, 1.82) is 0 Å². The number of allylic oxidation sites excluding steroid dienone is 2. The van der Waals surface area contributed by atoms with Crippen LogP contribution < -0.4 is 10.6 Å². The Morgan fingerprint density at radius 3 is 1.64 bits per heavy atom. The molecule has 6 amide bonds. The molecule has 0 aromatic heterocycles. The Morgan fingerprint density at radius 2 is 1.13 bits per heavy atom. The van der Waals surface area contributed by atoms with E-state index in [1.165, 1.54) is 73.4 Å². The number of thioether (sulfide) groups is 1. The van der Waals surface area contributed by atoms with Gasteiger partial charge in [0.05, 0.1) is 42.3 Å². The molecule has 89 heavy (non-hydrogen) atoms. The van der Waals surface area contributed by atoms with Crippen LogP contribution in [-0.4, -0.2) is 183 Å². The molecule has 1 fully saturated rings. The molecule has 0 bridgehead atoms. The molecule has 0 aliphatic carbocycles. The first-order chi connectivity index (χ1) is 41.4. The van der Waals surface area contributed by atoms with E-state index in [1.807, 2.05) is 54.5 Å². The summed E-state index contributed by atoms with van der Waals surface area (Å²) in [7, 11) is 5.88. The smallest absolute Gasteiger partial charge is 0.245 e. The van der Waals surface area contributed by atoms with E-state index in [0.29, 0.717) is 25.0 Å². The zero-order chi connectivity index (χ0) is 68.5. The quantitative estimate of drug-likeness (QED) is 0.0765. The third-order valence-electron chi connectivity index (χ3n) is 17.3. The van der Waals surface area contributed by atoms with Gasteiger partial charge in [0.15, 0.2) is 34.0 Å². The molecule has 0 aromatic carbocycles. The average molecular weight is 1270 g/mol. The second-order valence-corrected chi connectivity index (χ2v) is 28.5. The molecule has 0 aromatic rings. The number of aliphatic hydroxyl groups excluding tert-OH is 1. The summed E-state index contributed by atoms with van der Waals surface area (Å²) >= 11 is 1.18. The van der Waals surface area contributed by atoms with E-state index in [0.717, 1.165) is 0 Å². The van der Waals surface area contributed by atoms with Gasteiger partial charge in [-0.05, 0) is 101 Å². The molecule has 1 rings (SSSR count). The van der Waals surface area contributed by atoms with E-state index < -0.39 is 161 Å². The summed E-state index contributed by atoms with van der Waals surface area (Å²) in [6, 6.07) is -6.71. The van der Waals surface area contributed by atoms with Gasteiger partial charge in [0, 0.05) is 104 Å². The van der Waals surface area contributed by atoms with E-state index in [2.05, 4.69) is 10.6 Å². The van der Waals surface area contributed by atoms with Crippen LogP contribution >= 0.6 is 11.8 Å². The molecular formula is C68H116N6O14S. The number of rotatable bonds is 20. The van der Waals surface area contributed by atoms with Crippen molar-refractivity contribution in [1.82, 2.24) is 30.2 Å². The van der Waals surface area contributed by atoms with E-state index >= 15 is 0 Å². The summed E-state index contributed by atoms with van der Waals surface area (Å²) in [4.78, 5) is 177. The number of Topliss-reactive ketones (excluding diaryl/α,β-unsaturated/α-hetero) is 5. The molecule has 1 aliphatic heterocycles. The summed E-state index contributed by atoms with van der Waals surface area (Å²) in [6.45, 7) is 30.0. The maximum absolute atomic E-state index is 14.9. The number of aliphatic hydroxyl groups is 1. The summed E-state index contributed by atoms with van der Waals surface area (Å²) in [5.74, 6) is -11.4. The van der Waals surface area contributed by atoms with E-state index in [1.54, 1.807) is 61.5 Å². The minimum atomic E-state index is -1.39. The Morgan fingerprint density at radius 1 is 0.607 bits per heavy atom. The number of carbonyl (C=O) groups excluding carboxylic acids is 12. The van der Waals surface area contributed by atoms with E-state index in [-0.39, 0.29) is 87.3 Å². The molecule has 0 spiro atoms. The summed E-state index contributed by atoms with van der Waals surface area (Å²) < 4.78 is 6.21. The fraction of sp³-hybridized carbons (Fsp3) is 0.794. The fourth-order valence-corrected chi connectivity index (χ4v) is 12.6. The van der Waals surface area contributed by atoms with Gasteiger partial charge in [-0.3, -0.25) is 57.5 Å². The van der Waals surface area contributed by atoms with Crippen LogP contribution in [0.15, 0.2) is 12.2 Å². The number of nitrogens with zero attached hydrogens (tertiary/aromatic N) is 4. The van der Waals surface area contributed by atoms with Crippen LogP contribution in [0.3, 0.4) is 0 Å². The van der Waals surface area contributed by atoms with Crippen molar-refractivity contribution in [3.05, 3.63) is 12.2 Å². The SMILES string of the molecule is C/C=C/C[C@@H](C)[C@@H](O)[C@@H]1CC(=O)[C@H](C(C)C)N(C)C(=O)[C@H](CC(C)C)CC(=O)[C@H](CC(C)C)N(C)C(=O)[C@@H](C)NC(=O)[C@H](C)CC(=O)[C@H](CC(C)C)N(C)C(=O)[C@H](C(C)C)CC(=O)[C@H]([C@@H](C)OCCCCSC(C)=O)N(C)C(=O)CCC(=O)[C@H](CC)NC1=O. The van der Waals surface area contributed by atoms with Crippen LogP contribution in [0.2, 0.25) is 0 Å². The number of likely N-dealkylation sites (N-methyl/N-ethyl adjacent to an activating group) is 4. The Hall–Kier alpha value is -5.15. The van der Waals surface area contributed by atoms with Gasteiger partial charge in [-0.1, -0.05) is 114 Å². The van der Waals surface area contributed by atoms with Gasteiger partial charge in [0.1, 0.15) is 12.1 Å². The Bertz CT molecular complexity index is 2410. The molecule has 1 saturated heterocycles. The van der Waals surface area contributed by atoms with Crippen molar-refractivity contribution in [2.24, 2.45) is 59.2 Å². The number of unbranched alkanes of at least 4 members (excludes halogenated alkanes) is 1. The topological polar surface area (TPSA) is 271 Å². The first kappa shape index (κ1) is 81.9. The molecule has 1 heterocycles. The zero-order valence-corrected chi connectivity index (χ0v) is 58.9. The standard InChI is InChI=1S/C68H116N6O14S/c1-22-24-27-44(13)63(82)51-38-58(79)61(43(11)12)74(21)67(86)49(32-39(3)4)36-57(78)54(34-41(7)8)71(18)66(85)46(15)69-64(83)45(14)35-56(77)53(33-40(5)6)72(19)68(87)50(42(9)10)37-59(80)62(47(16)88-30-25-26-31-89-48(17)75)73(20)60(81)29-28-55(76)52(23-2)70-65(51)84/h22,24,39-47,49-54,61-63,82H,23,25-38H2,1-21H3,(H,69,83)(H,70,84)/b24-22+/t44-,45-,46-,47-,49-,50+,51+,52+,53+,54+,61+,62+,63-/m1/s1. The highest BCUT2D eigenvalue weighted by Gasteiger charge is 2.43. The van der Waals surface area contributed by atoms with Crippen LogP contribution in [0.4, 0.5) is 0 Å². The van der Waals surface area contributed by atoms with Crippen LogP contribution in [0.1, 0.15) is 201 Å². The number of ether oxygens (including phenoxy) is 1. The Labute approximate surface area is 538 Å². The molecule has 3 N–H and O–H groups in total. The van der Waals surface area contributed by atoms with Gasteiger partial charge >= 0.3 is 0 Å². The van der Waals surface area contributed by atoms with Crippen molar-refractivity contribution in [3.8, 4) is 0 Å². The van der Waals surface area contributed by atoms with E-state index in [4.69, 9.17) is 4.74 Å². The lowest BCUT2D eigenvalue weighted by molar-refractivity contribution is -0.148. The predicted octanol–water partition coefficient (Wildman–Crippen LogP) is 8.26. The first-order valence-electron chi connectivity index (χ1n) is 32.7. The molecule has 20 nitrogen and oxygen atoms in total. The summed E-state index contributed by atoms with van der Waals surface area (Å²) in [5.41, 5.74) is 0. The second kappa shape index (κ2) is 40.0. The third-order valence-corrected chi connectivity index (χ3v) is 18.2. The highest BCUT2D eigenvalue weighted by molar-refractivity contribution is 8.13. The number of hydrogen-bond donors (Lipinski definition) is 3. The fourth-order valence-electron chi connectivity index (χ4n) is 11.9. The lowest BCUT2D eigenvalue weighted by atomic mass is 9.82. The van der Waals surface area contributed by atoms with Crippen molar-refractivity contribution in [3.63, 3.8) is 0 Å². The molecule has 0 radical (unpaired) electrons. The molecular weight excluding hydrogens is 1160 g/mol. The van der Waals surface area contributed by atoms with E-state index in [9.17, 15) is 62.6 Å². The Kier molecular flexibility index (Phi) is 36.8. The molecule has 1 aliphatic rings. The van der Waals surface area contributed by atoms with Crippen molar-refractivity contribution in [2.45, 2.75) is 250 Å². The van der Waals surface area contributed by atoms with Gasteiger partial charge in [0.2, 0.25) is 35.4 Å². The minimum Gasteiger partial charge on any atom is -0.392 e. The minimum absolute atomic E-state index is 0.0216. The van der Waals surface area contributed by atoms with Gasteiger partial charge in [-0.25, -0.2) is 0 Å². The lowest BCUT2D eigenvalue weighted by Gasteiger charge is -2.36. The zero-order valence-electron chi connectivity index (χ0n) is 58.1. The maximum atomic E-state index is 14.9. The predicted molar refractivity (Wildman–Crippen MR) is 349 cm³/mol.